The highest BCUT2D eigenvalue weighted by Crippen LogP contribution is 2.12. The molecule has 0 unspecified atom stereocenters. The monoisotopic (exact) mass is 364 g/mol. The van der Waals surface area contributed by atoms with E-state index in [1.807, 2.05) is 0 Å². The molecule has 0 saturated carbocycles. The quantitative estimate of drug-likeness (QED) is 0.280. The third kappa shape index (κ3) is 8.62. The summed E-state index contributed by atoms with van der Waals surface area (Å²) in [5, 5.41) is 0. The van der Waals surface area contributed by atoms with Crippen LogP contribution in [-0.2, 0) is 39.8 Å². The summed E-state index contributed by atoms with van der Waals surface area (Å²) >= 11 is 0. The first-order valence-corrected chi connectivity index (χ1v) is 7.82. The van der Waals surface area contributed by atoms with E-state index in [-0.39, 0.29) is 26.1 Å². The highest BCUT2D eigenvalue weighted by molar-refractivity contribution is 5.92. The average Bonchev–Trinajstić information content (AvgIpc) is 2.60. The predicted octanol–water partition coefficient (Wildman–Crippen LogP) is 1.36. The average molecular weight is 364 g/mol. The molecule has 0 spiro atoms. The number of carbonyl (C=O) groups excluding carboxylic acids is 4. The maximum Gasteiger partial charge on any atom is 0.331 e. The Bertz CT molecular complexity index is 660. The van der Waals surface area contributed by atoms with Crippen LogP contribution >= 0.6 is 0 Å². The minimum absolute atomic E-state index is 0.0716. The molecule has 0 N–H and O–H groups in total. The number of esters is 4. The second kappa shape index (κ2) is 11.4. The number of hydrogen-bond donors (Lipinski definition) is 0. The molecule has 0 aliphatic heterocycles. The Morgan fingerprint density at radius 2 is 1.54 bits per heavy atom. The van der Waals surface area contributed by atoms with Crippen LogP contribution in [0.5, 0.6) is 5.75 Å². The fourth-order valence-corrected chi connectivity index (χ4v) is 1.73. The second-order valence-electron chi connectivity index (χ2n) is 4.87. The lowest BCUT2D eigenvalue weighted by molar-refractivity contribution is -0.160. The highest BCUT2D eigenvalue weighted by atomic mass is 16.6. The van der Waals surface area contributed by atoms with Crippen molar-refractivity contribution >= 4 is 23.9 Å². The van der Waals surface area contributed by atoms with Gasteiger partial charge in [-0.25, -0.2) is 9.59 Å². The zero-order valence-electron chi connectivity index (χ0n) is 14.6. The van der Waals surface area contributed by atoms with E-state index in [4.69, 9.17) is 9.47 Å². The molecule has 140 valence electrons. The molecular formula is C18H20O8. The van der Waals surface area contributed by atoms with E-state index >= 15 is 0 Å². The Balaban J connectivity index is 2.27. The number of benzene rings is 1. The van der Waals surface area contributed by atoms with Gasteiger partial charge in [-0.15, -0.1) is 0 Å². The summed E-state index contributed by atoms with van der Waals surface area (Å²) in [5.74, 6) is -2.36. The van der Waals surface area contributed by atoms with Crippen molar-refractivity contribution in [3.8, 4) is 5.75 Å². The summed E-state index contributed by atoms with van der Waals surface area (Å²) in [6.07, 6.45) is 1.45. The first-order chi connectivity index (χ1) is 12.4. The van der Waals surface area contributed by atoms with E-state index in [0.29, 0.717) is 11.3 Å². The zero-order valence-corrected chi connectivity index (χ0v) is 14.6. The van der Waals surface area contributed by atoms with Gasteiger partial charge < -0.3 is 18.9 Å². The van der Waals surface area contributed by atoms with Crippen molar-refractivity contribution < 1.29 is 38.1 Å². The van der Waals surface area contributed by atoms with Gasteiger partial charge in [0.05, 0.1) is 26.6 Å². The summed E-state index contributed by atoms with van der Waals surface area (Å²) < 4.78 is 18.9. The summed E-state index contributed by atoms with van der Waals surface area (Å²) in [5.41, 5.74) is 0.666. The first kappa shape index (κ1) is 20.9. The summed E-state index contributed by atoms with van der Waals surface area (Å²) in [6, 6.07) is 6.74. The van der Waals surface area contributed by atoms with Gasteiger partial charge in [-0.2, -0.15) is 0 Å². The zero-order chi connectivity index (χ0) is 19.4. The molecule has 0 bridgehead atoms. The molecule has 0 amide bonds. The molecule has 8 nitrogen and oxygen atoms in total. The van der Waals surface area contributed by atoms with Crippen LogP contribution in [0, 0.1) is 0 Å². The molecule has 0 radical (unpaired) electrons. The van der Waals surface area contributed by atoms with Gasteiger partial charge in [0.25, 0.3) is 0 Å². The Labute approximate surface area is 150 Å². The van der Waals surface area contributed by atoms with E-state index in [2.05, 4.69) is 9.47 Å². The molecule has 0 fully saturated rings. The maximum atomic E-state index is 11.7. The topological polar surface area (TPSA) is 105 Å². The number of ether oxygens (including phenoxy) is 4. The molecule has 0 aromatic heterocycles. The van der Waals surface area contributed by atoms with Crippen LogP contribution in [0.25, 0.3) is 0 Å². The molecule has 1 aromatic rings. The van der Waals surface area contributed by atoms with Gasteiger partial charge >= 0.3 is 23.9 Å². The van der Waals surface area contributed by atoms with Gasteiger partial charge in [0.2, 0.25) is 0 Å². The van der Waals surface area contributed by atoms with Crippen molar-refractivity contribution in [2.24, 2.45) is 0 Å². The van der Waals surface area contributed by atoms with E-state index in [0.717, 1.165) is 12.2 Å². The number of methoxy groups -OCH3 is 1. The normalized spacial score (nSPS) is 10.2. The minimum Gasteiger partial charge on any atom is -0.497 e. The van der Waals surface area contributed by atoms with Gasteiger partial charge in [-0.1, -0.05) is 12.1 Å². The summed E-state index contributed by atoms with van der Waals surface area (Å²) in [7, 11) is 1.53. The fraction of sp³-hybridized carbons (Fsp3) is 0.333. The van der Waals surface area contributed by atoms with Crippen LogP contribution in [0.3, 0.4) is 0 Å². The Hall–Kier alpha value is -3.16. The van der Waals surface area contributed by atoms with Gasteiger partial charge in [0, 0.05) is 12.2 Å². The molecular weight excluding hydrogens is 344 g/mol. The van der Waals surface area contributed by atoms with Gasteiger partial charge in [-0.3, -0.25) is 9.59 Å². The first-order valence-electron chi connectivity index (χ1n) is 7.82. The standard InChI is InChI=1S/C18H20O8/c1-3-24-15(19)8-9-16(20)25-11-10-17(21)26-18(22)12-13-4-6-14(23-2)7-5-13/h4-9H,3,10-12H2,1-2H3/b9-8-. The molecule has 0 aliphatic rings. The van der Waals surface area contributed by atoms with E-state index < -0.39 is 23.9 Å². The predicted molar refractivity (Wildman–Crippen MR) is 89.1 cm³/mol. The molecule has 1 aromatic carbocycles. The van der Waals surface area contributed by atoms with Crippen LogP contribution in [0.4, 0.5) is 0 Å². The molecule has 0 heterocycles. The fourth-order valence-electron chi connectivity index (χ4n) is 1.73. The van der Waals surface area contributed by atoms with Crippen molar-refractivity contribution in [1.82, 2.24) is 0 Å². The van der Waals surface area contributed by atoms with Gasteiger partial charge in [-0.05, 0) is 24.6 Å². The van der Waals surface area contributed by atoms with E-state index in [9.17, 15) is 19.2 Å². The molecule has 1 rings (SSSR count). The number of rotatable bonds is 9. The third-order valence-corrected chi connectivity index (χ3v) is 2.93. The largest absolute Gasteiger partial charge is 0.497 e. The van der Waals surface area contributed by atoms with E-state index in [1.165, 1.54) is 7.11 Å². The molecule has 0 saturated heterocycles. The lowest BCUT2D eigenvalue weighted by atomic mass is 10.1. The maximum absolute atomic E-state index is 11.7. The summed E-state index contributed by atoms with van der Waals surface area (Å²) in [4.78, 5) is 45.5. The van der Waals surface area contributed by atoms with Crippen LogP contribution in [-0.4, -0.2) is 44.2 Å². The smallest absolute Gasteiger partial charge is 0.331 e. The van der Waals surface area contributed by atoms with Crippen molar-refractivity contribution in [3.05, 3.63) is 42.0 Å². The summed E-state index contributed by atoms with van der Waals surface area (Å²) in [6.45, 7) is 1.54. The van der Waals surface area contributed by atoms with Crippen molar-refractivity contribution in [3.63, 3.8) is 0 Å². The van der Waals surface area contributed by atoms with Crippen LogP contribution in [0.15, 0.2) is 36.4 Å². The lowest BCUT2D eigenvalue weighted by Gasteiger charge is -2.05. The van der Waals surface area contributed by atoms with Gasteiger partial charge in [0.15, 0.2) is 0 Å². The van der Waals surface area contributed by atoms with Crippen LogP contribution in [0.1, 0.15) is 18.9 Å². The highest BCUT2D eigenvalue weighted by Gasteiger charge is 2.12. The van der Waals surface area contributed by atoms with Crippen molar-refractivity contribution in [1.29, 1.82) is 0 Å². The van der Waals surface area contributed by atoms with E-state index in [1.54, 1.807) is 31.2 Å². The Kier molecular flexibility index (Phi) is 9.16. The van der Waals surface area contributed by atoms with Crippen LogP contribution in [0.2, 0.25) is 0 Å². The van der Waals surface area contributed by atoms with Crippen LogP contribution < -0.4 is 4.74 Å². The number of hydrogen-bond acceptors (Lipinski definition) is 8. The molecule has 0 aliphatic carbocycles. The molecule has 26 heavy (non-hydrogen) atoms. The van der Waals surface area contributed by atoms with Crippen molar-refractivity contribution in [2.75, 3.05) is 20.3 Å². The SMILES string of the molecule is CCOC(=O)/C=C\C(=O)OCCC(=O)OC(=O)Cc1ccc(OC)cc1. The Morgan fingerprint density at radius 1 is 0.923 bits per heavy atom. The Morgan fingerprint density at radius 3 is 2.12 bits per heavy atom. The third-order valence-electron chi connectivity index (χ3n) is 2.93. The lowest BCUT2D eigenvalue weighted by Crippen LogP contribution is -2.16. The molecule has 0 atom stereocenters. The minimum atomic E-state index is -0.814. The van der Waals surface area contributed by atoms with Crippen molar-refractivity contribution in [2.45, 2.75) is 19.8 Å². The number of carbonyl (C=O) groups is 4. The second-order valence-corrected chi connectivity index (χ2v) is 4.87. The van der Waals surface area contributed by atoms with Gasteiger partial charge in [0.1, 0.15) is 12.4 Å². The molecule has 8 heteroatoms.